The van der Waals surface area contributed by atoms with E-state index in [9.17, 15) is 19.8 Å². The highest BCUT2D eigenvalue weighted by molar-refractivity contribution is 5.79. The summed E-state index contributed by atoms with van der Waals surface area (Å²) in [5.41, 5.74) is 2.17. The van der Waals surface area contributed by atoms with Crippen molar-refractivity contribution >= 4 is 12.0 Å². The molecule has 2 aromatic rings. The first-order chi connectivity index (χ1) is 17.1. The predicted octanol–water partition coefficient (Wildman–Crippen LogP) is 3.84. The molecule has 0 radical (unpaired) electrons. The lowest BCUT2D eigenvalue weighted by molar-refractivity contribution is -0.127. The van der Waals surface area contributed by atoms with E-state index >= 15 is 0 Å². The highest BCUT2D eigenvalue weighted by Gasteiger charge is 2.35. The van der Waals surface area contributed by atoms with Crippen LogP contribution in [0.4, 0.5) is 4.79 Å². The van der Waals surface area contributed by atoms with Gasteiger partial charge in [-0.2, -0.15) is 0 Å². The summed E-state index contributed by atoms with van der Waals surface area (Å²) in [6.07, 6.45) is 0.594. The maximum atomic E-state index is 13.3. The predicted molar refractivity (Wildman–Crippen MR) is 139 cm³/mol. The molecular formula is C29H38N2O5. The number of ether oxygens (including phenoxy) is 1. The Morgan fingerprint density at radius 2 is 1.81 bits per heavy atom. The number of carbonyl (C=O) groups excluding carboxylic acids is 2. The molecule has 0 unspecified atom stereocenters. The van der Waals surface area contributed by atoms with E-state index in [1.165, 1.54) is 0 Å². The van der Waals surface area contributed by atoms with E-state index in [2.05, 4.69) is 17.2 Å². The van der Waals surface area contributed by atoms with Crippen molar-refractivity contribution in [1.82, 2.24) is 10.6 Å². The van der Waals surface area contributed by atoms with Crippen LogP contribution in [0.5, 0.6) is 0 Å². The largest absolute Gasteiger partial charge is 0.444 e. The van der Waals surface area contributed by atoms with Crippen LogP contribution >= 0.6 is 0 Å². The zero-order chi connectivity index (χ0) is 26.3. The molecule has 0 aromatic heterocycles. The van der Waals surface area contributed by atoms with E-state index in [0.717, 1.165) is 16.7 Å². The van der Waals surface area contributed by atoms with Gasteiger partial charge in [-0.1, -0.05) is 60.7 Å². The van der Waals surface area contributed by atoms with Gasteiger partial charge >= 0.3 is 6.09 Å². The third-order valence-electron chi connectivity index (χ3n) is 6.31. The lowest BCUT2D eigenvalue weighted by atomic mass is 9.90. The Balaban J connectivity index is 1.73. The fraction of sp³-hybridized carbons (Fsp3) is 0.448. The van der Waals surface area contributed by atoms with Gasteiger partial charge in [-0.25, -0.2) is 4.79 Å². The van der Waals surface area contributed by atoms with Gasteiger partial charge in [0.25, 0.3) is 0 Å². The number of hydrogen-bond acceptors (Lipinski definition) is 5. The van der Waals surface area contributed by atoms with Gasteiger partial charge in [0, 0.05) is 12.3 Å². The Morgan fingerprint density at radius 1 is 1.14 bits per heavy atom. The van der Waals surface area contributed by atoms with Gasteiger partial charge in [-0.15, -0.1) is 6.58 Å². The molecule has 0 bridgehead atoms. The Bertz CT molecular complexity index is 1030. The van der Waals surface area contributed by atoms with Gasteiger partial charge in [0.2, 0.25) is 5.91 Å². The van der Waals surface area contributed by atoms with Gasteiger partial charge in [-0.3, -0.25) is 4.79 Å². The van der Waals surface area contributed by atoms with E-state index in [0.29, 0.717) is 19.3 Å². The molecule has 3 rings (SSSR count). The Kier molecular flexibility index (Phi) is 9.29. The van der Waals surface area contributed by atoms with Crippen LogP contribution in [-0.2, 0) is 22.4 Å². The fourth-order valence-electron chi connectivity index (χ4n) is 4.60. The van der Waals surface area contributed by atoms with Crippen molar-refractivity contribution in [2.24, 2.45) is 5.92 Å². The maximum Gasteiger partial charge on any atom is 0.407 e. The molecule has 1 aliphatic carbocycles. The van der Waals surface area contributed by atoms with Gasteiger partial charge in [0.05, 0.1) is 24.3 Å². The van der Waals surface area contributed by atoms with Crippen LogP contribution in [-0.4, -0.2) is 46.1 Å². The molecule has 0 aliphatic heterocycles. The van der Waals surface area contributed by atoms with Gasteiger partial charge in [0.1, 0.15) is 5.60 Å². The summed E-state index contributed by atoms with van der Waals surface area (Å²) in [7, 11) is 0. The summed E-state index contributed by atoms with van der Waals surface area (Å²) in [5.74, 6) is -0.860. The second-order valence-electron chi connectivity index (χ2n) is 10.4. The van der Waals surface area contributed by atoms with Crippen LogP contribution in [0.1, 0.15) is 56.3 Å². The Morgan fingerprint density at radius 3 is 2.47 bits per heavy atom. The summed E-state index contributed by atoms with van der Waals surface area (Å²) >= 11 is 0. The minimum Gasteiger partial charge on any atom is -0.444 e. The number of alkyl carbamates (subject to hydrolysis) is 1. The minimum atomic E-state index is -1.02. The molecule has 2 amide bonds. The van der Waals surface area contributed by atoms with E-state index in [1.807, 2.05) is 54.6 Å². The summed E-state index contributed by atoms with van der Waals surface area (Å²) in [5, 5.41) is 27.5. The van der Waals surface area contributed by atoms with Gasteiger partial charge in [-0.05, 0) is 56.7 Å². The molecule has 5 atom stereocenters. The van der Waals surface area contributed by atoms with Crippen molar-refractivity contribution in [1.29, 1.82) is 0 Å². The normalized spacial score (nSPS) is 19.5. The zero-order valence-electron chi connectivity index (χ0n) is 21.3. The number of nitrogens with one attached hydrogen (secondary N) is 2. The number of aliphatic hydroxyl groups is 2. The van der Waals surface area contributed by atoms with Crippen molar-refractivity contribution in [3.8, 4) is 0 Å². The molecule has 7 nitrogen and oxygen atoms in total. The molecule has 36 heavy (non-hydrogen) atoms. The summed E-state index contributed by atoms with van der Waals surface area (Å²) < 4.78 is 5.41. The van der Waals surface area contributed by atoms with E-state index in [1.54, 1.807) is 26.8 Å². The second kappa shape index (κ2) is 12.2. The quantitative estimate of drug-likeness (QED) is 0.376. The van der Waals surface area contributed by atoms with Crippen molar-refractivity contribution in [2.45, 2.75) is 76.3 Å². The number of amides is 2. The molecule has 1 aliphatic rings. The highest BCUT2D eigenvalue weighted by Crippen LogP contribution is 2.32. The number of benzene rings is 2. The molecule has 2 aromatic carbocycles. The number of aliphatic hydroxyl groups excluding tert-OH is 2. The molecule has 4 N–H and O–H groups in total. The van der Waals surface area contributed by atoms with Gasteiger partial charge < -0.3 is 25.6 Å². The average molecular weight is 495 g/mol. The molecule has 194 valence electrons. The molecule has 0 saturated carbocycles. The third kappa shape index (κ3) is 7.67. The van der Waals surface area contributed by atoms with Crippen LogP contribution in [0, 0.1) is 5.92 Å². The van der Waals surface area contributed by atoms with Crippen LogP contribution in [0.15, 0.2) is 67.3 Å². The van der Waals surface area contributed by atoms with Crippen molar-refractivity contribution < 1.29 is 24.5 Å². The summed E-state index contributed by atoms with van der Waals surface area (Å²) in [4.78, 5) is 25.8. The number of allylic oxidation sites excluding steroid dienone is 1. The van der Waals surface area contributed by atoms with E-state index in [-0.39, 0.29) is 12.3 Å². The molecule has 0 saturated heterocycles. The topological polar surface area (TPSA) is 108 Å². The van der Waals surface area contributed by atoms with Crippen LogP contribution in [0.2, 0.25) is 0 Å². The highest BCUT2D eigenvalue weighted by atomic mass is 16.6. The van der Waals surface area contributed by atoms with E-state index in [4.69, 9.17) is 4.74 Å². The average Bonchev–Trinajstić information content (AvgIpc) is 3.12. The minimum absolute atomic E-state index is 0.107. The smallest absolute Gasteiger partial charge is 0.407 e. The number of carbonyl (C=O) groups is 2. The molecular weight excluding hydrogens is 456 g/mol. The molecule has 0 spiro atoms. The van der Waals surface area contributed by atoms with Crippen LogP contribution in [0.25, 0.3) is 0 Å². The first kappa shape index (κ1) is 27.4. The molecule has 0 heterocycles. The number of hydrogen-bond donors (Lipinski definition) is 4. The monoisotopic (exact) mass is 494 g/mol. The van der Waals surface area contributed by atoms with Crippen LogP contribution < -0.4 is 10.6 Å². The second-order valence-corrected chi connectivity index (χ2v) is 10.4. The molecule has 0 fully saturated rings. The maximum absolute atomic E-state index is 13.3. The van der Waals surface area contributed by atoms with Crippen molar-refractivity contribution in [2.75, 3.05) is 0 Å². The molecule has 7 heteroatoms. The number of rotatable bonds is 10. The third-order valence-corrected chi connectivity index (χ3v) is 6.31. The lowest BCUT2D eigenvalue weighted by Gasteiger charge is -2.29. The van der Waals surface area contributed by atoms with E-state index < -0.39 is 41.9 Å². The van der Waals surface area contributed by atoms with Crippen molar-refractivity contribution in [3.63, 3.8) is 0 Å². The van der Waals surface area contributed by atoms with Gasteiger partial charge in [0.15, 0.2) is 0 Å². The standard InChI is InChI=1S/C29H38N2O5/c1-5-11-21(27(34)31-26-22-15-10-9-14-20(22)17-25(26)33)18-24(32)23(16-19-12-7-6-8-13-19)30-28(35)36-29(2,3)4/h5-10,12-15,21,23-26,32-33H,1,11,16-18H2,2-4H3,(H,30,35)(H,31,34)/t21-,23+,24+,25-,26-/m1/s1. The van der Waals surface area contributed by atoms with Crippen LogP contribution in [0.3, 0.4) is 0 Å². The van der Waals surface area contributed by atoms with Crippen molar-refractivity contribution in [3.05, 3.63) is 83.9 Å². The first-order valence-corrected chi connectivity index (χ1v) is 12.5. The summed E-state index contributed by atoms with van der Waals surface area (Å²) in [6, 6.07) is 16.0. The SMILES string of the molecule is C=CC[C@H](C[C@H](O)[C@H](Cc1ccccc1)NC(=O)OC(C)(C)C)C(=O)N[C@@H]1c2ccccc2C[C@H]1O. The number of fused-ring (bicyclic) bond motifs is 1. The Labute approximate surface area is 213 Å². The summed E-state index contributed by atoms with van der Waals surface area (Å²) in [6.45, 7) is 9.09. The Hall–Kier alpha value is -3.16. The fourth-order valence-corrected chi connectivity index (χ4v) is 4.60. The first-order valence-electron chi connectivity index (χ1n) is 12.5. The zero-order valence-corrected chi connectivity index (χ0v) is 21.3. The lowest BCUT2D eigenvalue weighted by Crippen LogP contribution is -2.48.